The van der Waals surface area contributed by atoms with Gasteiger partial charge in [-0.05, 0) is 66.4 Å². The molecule has 1 aliphatic rings. The first kappa shape index (κ1) is 23.9. The van der Waals surface area contributed by atoms with Gasteiger partial charge >= 0.3 is 6.18 Å². The average molecular weight is 490 g/mol. The number of pyridine rings is 1. The molecular weight excluding hydrogens is 463 g/mol. The summed E-state index contributed by atoms with van der Waals surface area (Å²) in [6.07, 6.45) is -2.72. The van der Waals surface area contributed by atoms with E-state index in [0.717, 1.165) is 48.4 Å². The number of anilines is 2. The van der Waals surface area contributed by atoms with Crippen LogP contribution in [0, 0.1) is 0 Å². The molecule has 1 atom stereocenters. The van der Waals surface area contributed by atoms with Gasteiger partial charge in [-0.25, -0.2) is 4.98 Å². The van der Waals surface area contributed by atoms with Gasteiger partial charge in [0.05, 0.1) is 11.1 Å². The molecule has 0 spiro atoms. The van der Waals surface area contributed by atoms with Gasteiger partial charge in [0.15, 0.2) is 0 Å². The van der Waals surface area contributed by atoms with Gasteiger partial charge < -0.3 is 10.2 Å². The van der Waals surface area contributed by atoms with Gasteiger partial charge in [-0.15, -0.1) is 0 Å². The number of amides is 1. The molecule has 1 amide bonds. The fraction of sp³-hybridized carbons (Fsp3) is 0.241. The number of benzene rings is 3. The highest BCUT2D eigenvalue weighted by atomic mass is 19.4. The van der Waals surface area contributed by atoms with E-state index in [4.69, 9.17) is 4.98 Å². The van der Waals surface area contributed by atoms with E-state index < -0.39 is 11.7 Å². The van der Waals surface area contributed by atoms with Crippen LogP contribution in [-0.2, 0) is 17.4 Å². The minimum Gasteiger partial charge on any atom is -0.356 e. The van der Waals surface area contributed by atoms with Crippen LogP contribution in [0.2, 0.25) is 0 Å². The minimum atomic E-state index is -4.36. The average Bonchev–Trinajstić information content (AvgIpc) is 3.38. The monoisotopic (exact) mass is 489 g/mol. The van der Waals surface area contributed by atoms with E-state index in [1.807, 2.05) is 36.4 Å². The van der Waals surface area contributed by atoms with E-state index in [0.29, 0.717) is 23.6 Å². The van der Waals surface area contributed by atoms with Gasteiger partial charge in [-0.1, -0.05) is 42.5 Å². The van der Waals surface area contributed by atoms with E-state index >= 15 is 0 Å². The molecule has 1 saturated heterocycles. The Labute approximate surface area is 207 Å². The maximum absolute atomic E-state index is 12.7. The molecule has 0 radical (unpaired) electrons. The molecule has 36 heavy (non-hydrogen) atoms. The summed E-state index contributed by atoms with van der Waals surface area (Å²) in [6, 6.07) is 25.1. The summed E-state index contributed by atoms with van der Waals surface area (Å²) in [5.41, 5.74) is 2.88. The van der Waals surface area contributed by atoms with E-state index in [-0.39, 0.29) is 12.3 Å². The van der Waals surface area contributed by atoms with Crippen LogP contribution in [0.3, 0.4) is 0 Å². The number of hydrogen-bond donors (Lipinski definition) is 1. The molecule has 184 valence electrons. The van der Waals surface area contributed by atoms with E-state index in [1.54, 1.807) is 0 Å². The Hall–Kier alpha value is -3.87. The van der Waals surface area contributed by atoms with Crippen LogP contribution < -0.4 is 10.2 Å². The molecule has 0 aliphatic carbocycles. The summed E-state index contributed by atoms with van der Waals surface area (Å²) in [7, 11) is 0. The lowest BCUT2D eigenvalue weighted by molar-refractivity contribution is -0.137. The van der Waals surface area contributed by atoms with Crippen molar-refractivity contribution in [3.63, 3.8) is 0 Å². The number of alkyl halides is 3. The van der Waals surface area contributed by atoms with Crippen molar-refractivity contribution in [3.8, 4) is 0 Å². The Bertz CT molecular complexity index is 1350. The second kappa shape index (κ2) is 10.0. The van der Waals surface area contributed by atoms with Crippen LogP contribution in [0.4, 0.5) is 24.7 Å². The Kier molecular flexibility index (Phi) is 6.63. The Morgan fingerprint density at radius 1 is 0.972 bits per heavy atom. The number of nitrogens with zero attached hydrogens (tertiary/aromatic N) is 2. The predicted molar refractivity (Wildman–Crippen MR) is 136 cm³/mol. The molecule has 0 saturated carbocycles. The second-order valence-corrected chi connectivity index (χ2v) is 9.16. The van der Waals surface area contributed by atoms with Crippen molar-refractivity contribution in [2.75, 3.05) is 23.3 Å². The number of carbonyl (C=O) groups excluding carboxylic acids is 1. The van der Waals surface area contributed by atoms with Gasteiger partial charge in [0.25, 0.3) is 0 Å². The summed E-state index contributed by atoms with van der Waals surface area (Å²) in [5, 5.41) is 3.81. The van der Waals surface area contributed by atoms with Gasteiger partial charge in [0.1, 0.15) is 5.82 Å². The largest absolute Gasteiger partial charge is 0.416 e. The highest BCUT2D eigenvalue weighted by Crippen LogP contribution is 2.31. The Balaban J connectivity index is 1.19. The summed E-state index contributed by atoms with van der Waals surface area (Å²) in [6.45, 7) is 1.90. The van der Waals surface area contributed by atoms with Crippen molar-refractivity contribution >= 4 is 28.3 Å². The quantitative estimate of drug-likeness (QED) is 0.323. The summed E-state index contributed by atoms with van der Waals surface area (Å²) >= 11 is 0. The van der Waals surface area contributed by atoms with Crippen molar-refractivity contribution < 1.29 is 18.0 Å². The van der Waals surface area contributed by atoms with Crippen molar-refractivity contribution in [3.05, 3.63) is 102 Å². The molecular formula is C29H26F3N3O. The van der Waals surface area contributed by atoms with Crippen molar-refractivity contribution in [2.45, 2.75) is 31.4 Å². The molecule has 7 heteroatoms. The number of rotatable bonds is 6. The van der Waals surface area contributed by atoms with Crippen LogP contribution in [-0.4, -0.2) is 24.0 Å². The molecule has 1 N–H and O–H groups in total. The van der Waals surface area contributed by atoms with Gasteiger partial charge in [0.2, 0.25) is 5.91 Å². The number of nitrogens with one attached hydrogen (secondary N) is 1. The Morgan fingerprint density at radius 3 is 2.50 bits per heavy atom. The molecule has 0 unspecified atom stereocenters. The molecule has 4 aromatic rings. The maximum Gasteiger partial charge on any atom is 0.416 e. The SMILES string of the molecule is O=C(CCc1ccc(C(F)(F)F)cc1)Nc1ccc2nc(N3CC[C@@H](c4ccccc4)C3)ccc2c1. The third kappa shape index (κ3) is 5.51. The summed E-state index contributed by atoms with van der Waals surface area (Å²) in [4.78, 5) is 19.6. The lowest BCUT2D eigenvalue weighted by atomic mass is 9.99. The van der Waals surface area contributed by atoms with Gasteiger partial charge in [-0.3, -0.25) is 4.79 Å². The Morgan fingerprint density at radius 2 is 1.75 bits per heavy atom. The van der Waals surface area contributed by atoms with Crippen molar-refractivity contribution in [1.82, 2.24) is 4.98 Å². The number of aromatic nitrogens is 1. The highest BCUT2D eigenvalue weighted by Gasteiger charge is 2.30. The minimum absolute atomic E-state index is 0.179. The first-order valence-electron chi connectivity index (χ1n) is 12.0. The standard InChI is InChI=1S/C29H26F3N3O/c30-29(31,32)24-10-6-20(7-11-24)8-15-28(36)33-25-12-13-26-22(18-25)9-14-27(34-26)35-17-16-23(19-35)21-4-2-1-3-5-21/h1-7,9-14,18,23H,8,15-17,19H2,(H,33,36)/t23-/m1/s1. The van der Waals surface area contributed by atoms with Crippen LogP contribution in [0.15, 0.2) is 84.9 Å². The number of fused-ring (bicyclic) bond motifs is 1. The van der Waals surface area contributed by atoms with Crippen LogP contribution in [0.25, 0.3) is 10.9 Å². The van der Waals surface area contributed by atoms with E-state index in [1.165, 1.54) is 17.7 Å². The highest BCUT2D eigenvalue weighted by molar-refractivity contribution is 5.94. The molecule has 1 aromatic heterocycles. The van der Waals surface area contributed by atoms with Gasteiger partial charge in [0, 0.05) is 36.5 Å². The number of carbonyl (C=O) groups is 1. The number of aryl methyl sites for hydroxylation is 1. The third-order valence-electron chi connectivity index (χ3n) is 6.66. The zero-order valence-corrected chi connectivity index (χ0v) is 19.6. The molecule has 2 heterocycles. The molecule has 0 bridgehead atoms. The van der Waals surface area contributed by atoms with E-state index in [2.05, 4.69) is 34.5 Å². The van der Waals surface area contributed by atoms with Gasteiger partial charge in [-0.2, -0.15) is 13.2 Å². The maximum atomic E-state index is 12.7. The van der Waals surface area contributed by atoms with Crippen LogP contribution in [0.5, 0.6) is 0 Å². The normalized spacial score (nSPS) is 15.9. The zero-order valence-electron chi connectivity index (χ0n) is 19.6. The third-order valence-corrected chi connectivity index (χ3v) is 6.66. The lowest BCUT2D eigenvalue weighted by Crippen LogP contribution is -2.20. The first-order valence-corrected chi connectivity index (χ1v) is 12.0. The topological polar surface area (TPSA) is 45.2 Å². The second-order valence-electron chi connectivity index (χ2n) is 9.16. The number of halogens is 3. The summed E-state index contributed by atoms with van der Waals surface area (Å²) < 4.78 is 38.1. The molecule has 3 aromatic carbocycles. The predicted octanol–water partition coefficient (Wildman–Crippen LogP) is 6.82. The zero-order chi connectivity index (χ0) is 25.1. The van der Waals surface area contributed by atoms with Crippen molar-refractivity contribution in [2.24, 2.45) is 0 Å². The van der Waals surface area contributed by atoms with Crippen LogP contribution >= 0.6 is 0 Å². The fourth-order valence-corrected chi connectivity index (χ4v) is 4.68. The van der Waals surface area contributed by atoms with Crippen LogP contribution in [0.1, 0.15) is 35.4 Å². The molecule has 1 aliphatic heterocycles. The molecule has 1 fully saturated rings. The first-order chi connectivity index (χ1) is 17.3. The lowest BCUT2D eigenvalue weighted by Gasteiger charge is -2.18. The van der Waals surface area contributed by atoms with Crippen molar-refractivity contribution in [1.29, 1.82) is 0 Å². The molecule has 5 rings (SSSR count). The fourth-order valence-electron chi connectivity index (χ4n) is 4.68. The number of hydrogen-bond acceptors (Lipinski definition) is 3. The smallest absolute Gasteiger partial charge is 0.356 e. The van der Waals surface area contributed by atoms with E-state index in [9.17, 15) is 18.0 Å². The molecule has 4 nitrogen and oxygen atoms in total. The summed E-state index contributed by atoms with van der Waals surface area (Å²) in [5.74, 6) is 1.26.